The van der Waals surface area contributed by atoms with Gasteiger partial charge in [-0.2, -0.15) is 8.78 Å². The van der Waals surface area contributed by atoms with E-state index in [1.807, 2.05) is 0 Å². The molecule has 1 aliphatic heterocycles. The number of halogens is 2. The van der Waals surface area contributed by atoms with Crippen molar-refractivity contribution in [3.05, 3.63) is 30.4 Å². The fourth-order valence-corrected chi connectivity index (χ4v) is 3.88. The van der Waals surface area contributed by atoms with Crippen LogP contribution in [-0.4, -0.2) is 55.8 Å². The first-order chi connectivity index (χ1) is 15.1. The minimum Gasteiger partial charge on any atom is -0.353 e. The van der Waals surface area contributed by atoms with Gasteiger partial charge in [0.15, 0.2) is 11.6 Å². The van der Waals surface area contributed by atoms with Gasteiger partial charge in [-0.15, -0.1) is 5.10 Å². The van der Waals surface area contributed by atoms with E-state index in [-0.39, 0.29) is 11.7 Å². The summed E-state index contributed by atoms with van der Waals surface area (Å²) in [6.45, 7) is 7.93. The second-order valence-electron chi connectivity index (χ2n) is 8.41. The summed E-state index contributed by atoms with van der Waals surface area (Å²) in [4.78, 5) is 26.0. The molecule has 1 saturated heterocycles. The van der Waals surface area contributed by atoms with Crippen LogP contribution in [0.2, 0.25) is 0 Å². The van der Waals surface area contributed by atoms with Crippen molar-refractivity contribution in [2.24, 2.45) is 0 Å². The molecular weight excluding hydrogens is 418 g/mol. The summed E-state index contributed by atoms with van der Waals surface area (Å²) >= 11 is 0. The predicted octanol–water partition coefficient (Wildman–Crippen LogP) is 2.86. The molecule has 9 nitrogen and oxygen atoms in total. The predicted molar refractivity (Wildman–Crippen MR) is 117 cm³/mol. The van der Waals surface area contributed by atoms with E-state index < -0.39 is 11.6 Å². The lowest BCUT2D eigenvalue weighted by Gasteiger charge is -2.18. The lowest BCUT2D eigenvalue weighted by atomic mass is 10.2. The molecule has 0 aliphatic carbocycles. The first-order valence-electron chi connectivity index (χ1n) is 10.5. The number of nitrogens with one attached hydrogen (secondary N) is 2. The first kappa shape index (κ1) is 22.0. The van der Waals surface area contributed by atoms with Crippen LogP contribution in [0.3, 0.4) is 0 Å². The van der Waals surface area contributed by atoms with Gasteiger partial charge in [0, 0.05) is 51.3 Å². The van der Waals surface area contributed by atoms with Crippen molar-refractivity contribution in [1.29, 1.82) is 0 Å². The molecule has 0 radical (unpaired) electrons. The van der Waals surface area contributed by atoms with Crippen LogP contribution in [0.4, 0.5) is 20.4 Å². The third kappa shape index (κ3) is 4.52. The minimum absolute atomic E-state index is 0.163. The lowest BCUT2D eigenvalue weighted by Crippen LogP contribution is -2.37. The lowest BCUT2D eigenvalue weighted by molar-refractivity contribution is -0.114. The number of aromatic nitrogens is 5. The Morgan fingerprint density at radius 3 is 2.75 bits per heavy atom. The Morgan fingerprint density at radius 2 is 2.06 bits per heavy atom. The van der Waals surface area contributed by atoms with Crippen molar-refractivity contribution in [2.45, 2.75) is 52.1 Å². The van der Waals surface area contributed by atoms with Crippen molar-refractivity contribution in [1.82, 2.24) is 30.0 Å². The molecule has 1 atom stereocenters. The van der Waals surface area contributed by atoms with E-state index in [0.29, 0.717) is 29.2 Å². The normalized spacial score (nSPS) is 16.8. The smallest absolute Gasteiger partial charge is 0.288 e. The van der Waals surface area contributed by atoms with Crippen molar-refractivity contribution >= 4 is 28.4 Å². The molecule has 2 N–H and O–H groups in total. The summed E-state index contributed by atoms with van der Waals surface area (Å²) < 4.78 is 29.2. The van der Waals surface area contributed by atoms with E-state index in [1.165, 1.54) is 17.8 Å². The number of nitrogens with zero attached hydrogens (tertiary/aromatic N) is 6. The molecule has 4 rings (SSSR count). The second kappa shape index (κ2) is 8.38. The van der Waals surface area contributed by atoms with Gasteiger partial charge in [-0.3, -0.25) is 9.78 Å². The molecule has 0 bridgehead atoms. The molecule has 3 aromatic heterocycles. The number of amides is 1. The third-order valence-corrected chi connectivity index (χ3v) is 5.20. The Bertz CT molecular complexity index is 1140. The van der Waals surface area contributed by atoms with Gasteiger partial charge in [-0.1, -0.05) is 13.8 Å². The summed E-state index contributed by atoms with van der Waals surface area (Å²) in [5.74, 6) is -2.22. The van der Waals surface area contributed by atoms with E-state index in [9.17, 15) is 13.6 Å². The van der Waals surface area contributed by atoms with Crippen LogP contribution < -0.4 is 15.5 Å². The second-order valence-corrected chi connectivity index (χ2v) is 8.41. The number of hydrogen-bond acceptors (Lipinski definition) is 7. The van der Waals surface area contributed by atoms with Gasteiger partial charge in [-0.05, 0) is 6.42 Å². The molecular formula is C21H26F2N8O. The summed E-state index contributed by atoms with van der Waals surface area (Å²) in [5.41, 5.74) is 0.142. The fraction of sp³-hybridized carbons (Fsp3) is 0.476. The Morgan fingerprint density at radius 1 is 1.28 bits per heavy atom. The van der Waals surface area contributed by atoms with Gasteiger partial charge < -0.3 is 15.5 Å². The summed E-state index contributed by atoms with van der Waals surface area (Å²) in [7, 11) is 0. The van der Waals surface area contributed by atoms with Crippen molar-refractivity contribution in [3.8, 4) is 5.82 Å². The Hall–Kier alpha value is -3.21. The maximum absolute atomic E-state index is 13.9. The number of fused-ring (bicyclic) bond motifs is 1. The van der Waals surface area contributed by atoms with E-state index >= 15 is 0 Å². The molecule has 0 aromatic carbocycles. The van der Waals surface area contributed by atoms with Gasteiger partial charge >= 0.3 is 0 Å². The summed E-state index contributed by atoms with van der Waals surface area (Å²) in [5, 5.41) is 11.6. The highest BCUT2D eigenvalue weighted by Gasteiger charge is 2.29. The molecule has 11 heteroatoms. The van der Waals surface area contributed by atoms with Crippen LogP contribution in [-0.2, 0) is 10.7 Å². The highest BCUT2D eigenvalue weighted by atomic mass is 19.3. The van der Waals surface area contributed by atoms with Gasteiger partial charge in [0.05, 0.1) is 23.3 Å². The quantitative estimate of drug-likeness (QED) is 0.603. The number of carbonyl (C=O) groups is 1. The molecule has 1 aliphatic rings. The zero-order chi connectivity index (χ0) is 23.0. The topological polar surface area (TPSA) is 101 Å². The number of pyridine rings is 1. The Balaban J connectivity index is 1.80. The van der Waals surface area contributed by atoms with E-state index in [2.05, 4.69) is 44.3 Å². The maximum Gasteiger partial charge on any atom is 0.288 e. The number of hydrogen-bond donors (Lipinski definition) is 2. The molecule has 1 amide bonds. The zero-order valence-corrected chi connectivity index (χ0v) is 18.4. The average Bonchev–Trinajstić information content (AvgIpc) is 3.30. The molecule has 3 aromatic rings. The van der Waals surface area contributed by atoms with Crippen molar-refractivity contribution < 1.29 is 13.6 Å². The van der Waals surface area contributed by atoms with Crippen molar-refractivity contribution in [3.63, 3.8) is 0 Å². The molecule has 1 fully saturated rings. The van der Waals surface area contributed by atoms with Gasteiger partial charge in [0.2, 0.25) is 5.91 Å². The molecule has 0 saturated carbocycles. The van der Waals surface area contributed by atoms with Gasteiger partial charge in [-0.25, -0.2) is 14.6 Å². The molecule has 4 heterocycles. The average molecular weight is 444 g/mol. The van der Waals surface area contributed by atoms with E-state index in [4.69, 9.17) is 5.10 Å². The minimum atomic E-state index is -3.14. The van der Waals surface area contributed by atoms with Crippen LogP contribution in [0.1, 0.15) is 39.8 Å². The highest BCUT2D eigenvalue weighted by molar-refractivity contribution is 5.95. The van der Waals surface area contributed by atoms with E-state index in [0.717, 1.165) is 38.0 Å². The number of anilines is 2. The van der Waals surface area contributed by atoms with Crippen LogP contribution in [0, 0.1) is 0 Å². The third-order valence-electron chi connectivity index (χ3n) is 5.20. The van der Waals surface area contributed by atoms with Crippen LogP contribution >= 0.6 is 0 Å². The first-order valence-corrected chi connectivity index (χ1v) is 10.5. The Labute approximate surface area is 184 Å². The Kier molecular flexibility index (Phi) is 5.76. The highest BCUT2D eigenvalue weighted by Crippen LogP contribution is 2.32. The summed E-state index contributed by atoms with van der Waals surface area (Å²) in [6.07, 6.45) is 5.02. The SMILES string of the molecule is CC(=O)Nc1cc2c(cn1)c(N1CCC(NC(C)C)C1)nn2-c1cncc(C(C)(F)F)n1. The van der Waals surface area contributed by atoms with E-state index in [1.54, 1.807) is 12.3 Å². The van der Waals surface area contributed by atoms with Gasteiger partial charge in [0.1, 0.15) is 11.5 Å². The number of rotatable bonds is 6. The van der Waals surface area contributed by atoms with Crippen LogP contribution in [0.15, 0.2) is 24.7 Å². The fourth-order valence-electron chi connectivity index (χ4n) is 3.88. The number of carbonyl (C=O) groups excluding carboxylic acids is 1. The maximum atomic E-state index is 13.9. The monoisotopic (exact) mass is 444 g/mol. The molecule has 1 unspecified atom stereocenters. The molecule has 170 valence electrons. The molecule has 0 spiro atoms. The summed E-state index contributed by atoms with van der Waals surface area (Å²) in [6, 6.07) is 2.35. The standard InChI is InChI=1S/C21H26F2N8O/c1-12(2)26-14-5-6-30(11-14)20-15-8-25-18(27-13(3)32)7-16(15)31(29-20)19-10-24-9-17(28-19)21(4,22)23/h7-10,12,14,26H,5-6,11H2,1-4H3,(H,25,27,32). The molecule has 32 heavy (non-hydrogen) atoms. The largest absolute Gasteiger partial charge is 0.353 e. The van der Waals surface area contributed by atoms with Crippen molar-refractivity contribution in [2.75, 3.05) is 23.3 Å². The van der Waals surface area contributed by atoms with Crippen LogP contribution in [0.5, 0.6) is 0 Å². The zero-order valence-electron chi connectivity index (χ0n) is 18.4. The van der Waals surface area contributed by atoms with Crippen LogP contribution in [0.25, 0.3) is 16.7 Å². The number of alkyl halides is 2. The van der Waals surface area contributed by atoms with Gasteiger partial charge in [0.25, 0.3) is 5.92 Å².